The molecule has 0 fully saturated rings. The van der Waals surface area contributed by atoms with E-state index in [4.69, 9.17) is 10.5 Å². The number of hydrogen-bond acceptors (Lipinski definition) is 4. The van der Waals surface area contributed by atoms with Gasteiger partial charge in [-0.15, -0.1) is 0 Å². The first-order chi connectivity index (χ1) is 5.66. The Morgan fingerprint density at radius 3 is 2.67 bits per heavy atom. The minimum Gasteiger partial charge on any atom is -0.466 e. The van der Waals surface area contributed by atoms with Gasteiger partial charge in [-0.25, -0.2) is 0 Å². The van der Waals surface area contributed by atoms with Crippen molar-refractivity contribution in [1.82, 2.24) is 4.90 Å². The van der Waals surface area contributed by atoms with E-state index in [2.05, 4.69) is 4.90 Å². The van der Waals surface area contributed by atoms with E-state index in [1.54, 1.807) is 0 Å². The maximum atomic E-state index is 10.8. The highest BCUT2D eigenvalue weighted by atomic mass is 16.5. The highest BCUT2D eigenvalue weighted by Gasteiger charge is 1.99. The summed E-state index contributed by atoms with van der Waals surface area (Å²) in [6, 6.07) is 0. The van der Waals surface area contributed by atoms with Crippen molar-refractivity contribution in [2.24, 2.45) is 5.73 Å². The molecule has 0 aromatic carbocycles. The first kappa shape index (κ1) is 11.4. The molecule has 0 bridgehead atoms. The lowest BCUT2D eigenvalue weighted by Gasteiger charge is -2.08. The minimum absolute atomic E-state index is 0.198. The number of nitrogens with zero attached hydrogens (tertiary/aromatic N) is 1. The van der Waals surface area contributed by atoms with Crippen molar-refractivity contribution >= 4 is 5.97 Å². The average Bonchev–Trinajstić information content (AvgIpc) is 1.98. The van der Waals surface area contributed by atoms with E-state index in [0.717, 1.165) is 13.0 Å². The van der Waals surface area contributed by atoms with Crippen LogP contribution in [0.5, 0.6) is 0 Å². The van der Waals surface area contributed by atoms with E-state index in [-0.39, 0.29) is 5.97 Å². The number of esters is 1. The molecule has 2 N–H and O–H groups in total. The Morgan fingerprint density at radius 2 is 2.17 bits per heavy atom. The standard InChI is InChI=1S/C8H18N2O2/c1-10(2)6-3-7-12-8(11)4-5-9/h3-7,9H2,1-2H3. The van der Waals surface area contributed by atoms with Gasteiger partial charge in [-0.2, -0.15) is 0 Å². The fourth-order valence-electron chi connectivity index (χ4n) is 0.757. The molecule has 4 nitrogen and oxygen atoms in total. The molecule has 0 aliphatic rings. The van der Waals surface area contributed by atoms with Crippen molar-refractivity contribution in [2.75, 3.05) is 33.8 Å². The summed E-state index contributed by atoms with van der Waals surface area (Å²) < 4.78 is 4.89. The number of carbonyl (C=O) groups excluding carboxylic acids is 1. The topological polar surface area (TPSA) is 55.6 Å². The summed E-state index contributed by atoms with van der Waals surface area (Å²) in [5, 5.41) is 0. The van der Waals surface area contributed by atoms with Crippen LogP contribution in [-0.4, -0.2) is 44.7 Å². The van der Waals surface area contributed by atoms with E-state index < -0.39 is 0 Å². The summed E-state index contributed by atoms with van der Waals surface area (Å²) in [5.74, 6) is -0.198. The predicted octanol–water partition coefficient (Wildman–Crippen LogP) is -0.170. The van der Waals surface area contributed by atoms with Crippen molar-refractivity contribution < 1.29 is 9.53 Å². The van der Waals surface area contributed by atoms with Gasteiger partial charge in [0.25, 0.3) is 0 Å². The molecule has 0 heterocycles. The molecule has 0 aromatic heterocycles. The molecular formula is C8H18N2O2. The summed E-state index contributed by atoms with van der Waals surface area (Å²) in [6.07, 6.45) is 1.20. The lowest BCUT2D eigenvalue weighted by atomic mass is 10.4. The summed E-state index contributed by atoms with van der Waals surface area (Å²) in [5.41, 5.74) is 5.17. The van der Waals surface area contributed by atoms with Crippen LogP contribution >= 0.6 is 0 Å². The molecule has 0 atom stereocenters. The number of hydrogen-bond donors (Lipinski definition) is 1. The molecule has 0 saturated carbocycles. The van der Waals surface area contributed by atoms with Crippen molar-refractivity contribution in [3.63, 3.8) is 0 Å². The fourth-order valence-corrected chi connectivity index (χ4v) is 0.757. The van der Waals surface area contributed by atoms with Crippen LogP contribution in [0, 0.1) is 0 Å². The first-order valence-electron chi connectivity index (χ1n) is 4.17. The van der Waals surface area contributed by atoms with Crippen molar-refractivity contribution in [1.29, 1.82) is 0 Å². The van der Waals surface area contributed by atoms with Gasteiger partial charge in [-0.3, -0.25) is 4.79 Å². The Hall–Kier alpha value is -0.610. The van der Waals surface area contributed by atoms with Crippen molar-refractivity contribution in [2.45, 2.75) is 12.8 Å². The van der Waals surface area contributed by atoms with E-state index in [1.807, 2.05) is 14.1 Å². The van der Waals surface area contributed by atoms with Crippen LogP contribution in [0.4, 0.5) is 0 Å². The van der Waals surface area contributed by atoms with Crippen LogP contribution in [0.1, 0.15) is 12.8 Å². The summed E-state index contributed by atoms with van der Waals surface area (Å²) >= 11 is 0. The lowest BCUT2D eigenvalue weighted by molar-refractivity contribution is -0.143. The highest BCUT2D eigenvalue weighted by molar-refractivity contribution is 5.69. The van der Waals surface area contributed by atoms with Crippen LogP contribution in [-0.2, 0) is 9.53 Å². The van der Waals surface area contributed by atoms with Gasteiger partial charge < -0.3 is 15.4 Å². The van der Waals surface area contributed by atoms with Gasteiger partial charge in [0, 0.05) is 13.1 Å². The molecule has 0 aliphatic heterocycles. The molecule has 0 aromatic rings. The average molecular weight is 174 g/mol. The second-order valence-electron chi connectivity index (χ2n) is 2.92. The lowest BCUT2D eigenvalue weighted by Crippen LogP contribution is -2.17. The Bertz CT molecular complexity index is 126. The van der Waals surface area contributed by atoms with Crippen LogP contribution in [0.15, 0.2) is 0 Å². The molecular weight excluding hydrogens is 156 g/mol. The van der Waals surface area contributed by atoms with Crippen molar-refractivity contribution in [3.8, 4) is 0 Å². The minimum atomic E-state index is -0.198. The number of rotatable bonds is 6. The second-order valence-corrected chi connectivity index (χ2v) is 2.92. The molecule has 0 saturated heterocycles. The molecule has 0 radical (unpaired) electrons. The molecule has 72 valence electrons. The Labute approximate surface area is 73.7 Å². The van der Waals surface area contributed by atoms with Gasteiger partial charge in [-0.1, -0.05) is 0 Å². The normalized spacial score (nSPS) is 10.3. The third kappa shape index (κ3) is 7.50. The van der Waals surface area contributed by atoms with Gasteiger partial charge >= 0.3 is 5.97 Å². The Morgan fingerprint density at radius 1 is 1.50 bits per heavy atom. The van der Waals surface area contributed by atoms with Gasteiger partial charge in [0.15, 0.2) is 0 Å². The SMILES string of the molecule is CN(C)CCCOC(=O)CCN. The summed E-state index contributed by atoms with van der Waals surface area (Å²) in [6.45, 7) is 1.80. The predicted molar refractivity (Wildman–Crippen MR) is 47.8 cm³/mol. The zero-order chi connectivity index (χ0) is 9.40. The van der Waals surface area contributed by atoms with E-state index in [0.29, 0.717) is 19.6 Å². The zero-order valence-corrected chi connectivity index (χ0v) is 7.88. The van der Waals surface area contributed by atoms with E-state index >= 15 is 0 Å². The smallest absolute Gasteiger partial charge is 0.307 e. The van der Waals surface area contributed by atoms with Gasteiger partial charge in [0.05, 0.1) is 13.0 Å². The van der Waals surface area contributed by atoms with Gasteiger partial charge in [0.2, 0.25) is 0 Å². The molecule has 12 heavy (non-hydrogen) atoms. The molecule has 0 spiro atoms. The molecule has 0 amide bonds. The maximum Gasteiger partial charge on any atom is 0.307 e. The highest BCUT2D eigenvalue weighted by Crippen LogP contribution is 1.88. The molecule has 0 rings (SSSR count). The van der Waals surface area contributed by atoms with E-state index in [9.17, 15) is 4.79 Å². The Balaban J connectivity index is 3.14. The van der Waals surface area contributed by atoms with Crippen LogP contribution in [0.3, 0.4) is 0 Å². The molecule has 0 aliphatic carbocycles. The quantitative estimate of drug-likeness (QED) is 0.448. The maximum absolute atomic E-state index is 10.8. The largest absolute Gasteiger partial charge is 0.466 e. The fraction of sp³-hybridized carbons (Fsp3) is 0.875. The van der Waals surface area contributed by atoms with Gasteiger partial charge in [0.1, 0.15) is 0 Å². The van der Waals surface area contributed by atoms with Crippen LogP contribution in [0.2, 0.25) is 0 Å². The third-order valence-corrected chi connectivity index (χ3v) is 1.36. The second kappa shape index (κ2) is 7.06. The summed E-state index contributed by atoms with van der Waals surface area (Å²) in [4.78, 5) is 12.8. The monoisotopic (exact) mass is 174 g/mol. The Kier molecular flexibility index (Phi) is 6.70. The van der Waals surface area contributed by atoms with Gasteiger partial charge in [-0.05, 0) is 20.5 Å². The number of ether oxygens (including phenoxy) is 1. The van der Waals surface area contributed by atoms with E-state index in [1.165, 1.54) is 0 Å². The number of nitrogens with two attached hydrogens (primary N) is 1. The zero-order valence-electron chi connectivity index (χ0n) is 7.88. The van der Waals surface area contributed by atoms with Crippen LogP contribution < -0.4 is 5.73 Å². The third-order valence-electron chi connectivity index (χ3n) is 1.36. The molecule has 0 unspecified atom stereocenters. The van der Waals surface area contributed by atoms with Crippen molar-refractivity contribution in [3.05, 3.63) is 0 Å². The summed E-state index contributed by atoms with van der Waals surface area (Å²) in [7, 11) is 3.98. The van der Waals surface area contributed by atoms with Crippen LogP contribution in [0.25, 0.3) is 0 Å². The molecule has 4 heteroatoms. The number of carbonyl (C=O) groups is 1. The first-order valence-corrected chi connectivity index (χ1v) is 4.17.